The van der Waals surface area contributed by atoms with Crippen LogP contribution in [0.25, 0.3) is 0 Å². The summed E-state index contributed by atoms with van der Waals surface area (Å²) in [4.78, 5) is 4.51. The molecule has 19 heavy (non-hydrogen) atoms. The molecule has 1 aromatic rings. The molecule has 0 radical (unpaired) electrons. The fraction of sp³-hybridized carbons (Fsp3) is 0.857. The molecule has 1 aliphatic rings. The van der Waals surface area contributed by atoms with Crippen molar-refractivity contribution in [3.05, 3.63) is 11.7 Å². The summed E-state index contributed by atoms with van der Waals surface area (Å²) in [5.74, 6) is 1.73. The van der Waals surface area contributed by atoms with Crippen molar-refractivity contribution in [2.24, 2.45) is 11.7 Å². The number of nitrogens with zero attached hydrogens (tertiary/aromatic N) is 2. The number of aromatic nitrogens is 2. The van der Waals surface area contributed by atoms with Crippen LogP contribution in [0.2, 0.25) is 0 Å². The Morgan fingerprint density at radius 1 is 1.37 bits per heavy atom. The first-order valence-electron chi connectivity index (χ1n) is 7.31. The molecule has 2 N–H and O–H groups in total. The van der Waals surface area contributed by atoms with Gasteiger partial charge in [-0.3, -0.25) is 0 Å². The maximum absolute atomic E-state index is 6.09. The third-order valence-electron chi connectivity index (χ3n) is 3.72. The largest absolute Gasteiger partial charge is 0.367 e. The molecule has 108 valence electrons. The minimum absolute atomic E-state index is 0.179. The van der Waals surface area contributed by atoms with Crippen molar-refractivity contribution in [2.45, 2.75) is 64.5 Å². The molecule has 1 heterocycles. The molecule has 0 spiro atoms. The predicted octanol–water partition coefficient (Wildman–Crippen LogP) is 2.92. The molecule has 1 atom stereocenters. The Morgan fingerprint density at radius 3 is 2.63 bits per heavy atom. The van der Waals surface area contributed by atoms with E-state index in [1.165, 1.54) is 0 Å². The van der Waals surface area contributed by atoms with E-state index in [1.807, 2.05) is 6.92 Å². The van der Waals surface area contributed by atoms with E-state index in [0.717, 1.165) is 32.1 Å². The van der Waals surface area contributed by atoms with Crippen LogP contribution in [-0.4, -0.2) is 16.7 Å². The lowest BCUT2D eigenvalue weighted by atomic mass is 10.0. The van der Waals surface area contributed by atoms with Crippen LogP contribution < -0.4 is 5.73 Å². The molecule has 0 aliphatic heterocycles. The number of hydrogen-bond donors (Lipinski definition) is 1. The van der Waals surface area contributed by atoms with Gasteiger partial charge in [-0.25, -0.2) is 0 Å². The van der Waals surface area contributed by atoms with Crippen LogP contribution in [-0.2, 0) is 10.3 Å². The Balaban J connectivity index is 2.14. The van der Waals surface area contributed by atoms with Gasteiger partial charge >= 0.3 is 0 Å². The topological polar surface area (TPSA) is 74.2 Å². The van der Waals surface area contributed by atoms with Gasteiger partial charge in [-0.1, -0.05) is 19.0 Å². The molecule has 1 aliphatic carbocycles. The lowest BCUT2D eigenvalue weighted by Gasteiger charge is -2.24. The number of rotatable bonds is 6. The van der Waals surface area contributed by atoms with E-state index in [1.54, 1.807) is 0 Å². The van der Waals surface area contributed by atoms with Gasteiger partial charge in [0.05, 0.1) is 6.04 Å². The summed E-state index contributed by atoms with van der Waals surface area (Å²) >= 11 is 0. The third kappa shape index (κ3) is 3.15. The standard InChI is InChI=1S/C14H25N3O2/c1-4-18-14(7-5-6-8-14)13-16-12(19-17-13)11(15)9-10(2)3/h10-11H,4-9,15H2,1-3H3/t11-/m0/s1. The van der Waals surface area contributed by atoms with Crippen LogP contribution in [0.1, 0.15) is 70.6 Å². The Hall–Kier alpha value is -0.940. The van der Waals surface area contributed by atoms with Gasteiger partial charge in [-0.2, -0.15) is 4.98 Å². The van der Waals surface area contributed by atoms with E-state index in [2.05, 4.69) is 24.0 Å². The van der Waals surface area contributed by atoms with Crippen molar-refractivity contribution < 1.29 is 9.26 Å². The molecule has 1 saturated carbocycles. The van der Waals surface area contributed by atoms with Crippen molar-refractivity contribution in [1.82, 2.24) is 10.1 Å². The molecule has 0 aromatic carbocycles. The summed E-state index contributed by atoms with van der Waals surface area (Å²) in [7, 11) is 0. The highest BCUT2D eigenvalue weighted by atomic mass is 16.5. The average Bonchev–Trinajstić information content (AvgIpc) is 2.96. The first-order chi connectivity index (χ1) is 9.07. The summed E-state index contributed by atoms with van der Waals surface area (Å²) < 4.78 is 11.3. The molecule has 5 nitrogen and oxygen atoms in total. The van der Waals surface area contributed by atoms with Gasteiger partial charge < -0.3 is 15.0 Å². The minimum Gasteiger partial charge on any atom is -0.367 e. The van der Waals surface area contributed by atoms with Crippen LogP contribution in [0.3, 0.4) is 0 Å². The highest BCUT2D eigenvalue weighted by Crippen LogP contribution is 2.41. The zero-order valence-electron chi connectivity index (χ0n) is 12.2. The molecule has 2 rings (SSSR count). The fourth-order valence-electron chi connectivity index (χ4n) is 2.83. The van der Waals surface area contributed by atoms with E-state index in [4.69, 9.17) is 15.0 Å². The first-order valence-corrected chi connectivity index (χ1v) is 7.31. The molecule has 0 saturated heterocycles. The van der Waals surface area contributed by atoms with E-state index >= 15 is 0 Å². The monoisotopic (exact) mass is 267 g/mol. The summed E-state index contributed by atoms with van der Waals surface area (Å²) in [5.41, 5.74) is 5.75. The van der Waals surface area contributed by atoms with Gasteiger partial charge in [0.1, 0.15) is 5.60 Å². The molecule has 1 aromatic heterocycles. The zero-order valence-corrected chi connectivity index (χ0v) is 12.2. The highest BCUT2D eigenvalue weighted by molar-refractivity contribution is 5.05. The maximum Gasteiger partial charge on any atom is 0.243 e. The molecule has 1 fully saturated rings. The van der Waals surface area contributed by atoms with Crippen LogP contribution >= 0.6 is 0 Å². The quantitative estimate of drug-likeness (QED) is 0.857. The van der Waals surface area contributed by atoms with Crippen LogP contribution in [0.15, 0.2) is 4.52 Å². The number of hydrogen-bond acceptors (Lipinski definition) is 5. The maximum atomic E-state index is 6.09. The second-order valence-corrected chi connectivity index (χ2v) is 5.83. The Bertz CT molecular complexity index is 397. The van der Waals surface area contributed by atoms with Crippen molar-refractivity contribution in [1.29, 1.82) is 0 Å². The van der Waals surface area contributed by atoms with Crippen molar-refractivity contribution >= 4 is 0 Å². The third-order valence-corrected chi connectivity index (χ3v) is 3.72. The normalized spacial score (nSPS) is 20.1. The first kappa shape index (κ1) is 14.5. The second-order valence-electron chi connectivity index (χ2n) is 5.83. The van der Waals surface area contributed by atoms with E-state index in [0.29, 0.717) is 24.2 Å². The van der Waals surface area contributed by atoms with Gasteiger partial charge in [0.15, 0.2) is 0 Å². The van der Waals surface area contributed by atoms with Gasteiger partial charge in [-0.05, 0) is 44.9 Å². The van der Waals surface area contributed by atoms with E-state index in [9.17, 15) is 0 Å². The van der Waals surface area contributed by atoms with E-state index < -0.39 is 0 Å². The van der Waals surface area contributed by atoms with Crippen LogP contribution in [0.5, 0.6) is 0 Å². The van der Waals surface area contributed by atoms with Crippen LogP contribution in [0.4, 0.5) is 0 Å². The smallest absolute Gasteiger partial charge is 0.243 e. The van der Waals surface area contributed by atoms with Gasteiger partial charge in [-0.15, -0.1) is 0 Å². The fourth-order valence-corrected chi connectivity index (χ4v) is 2.83. The van der Waals surface area contributed by atoms with Gasteiger partial charge in [0.25, 0.3) is 0 Å². The Labute approximate surface area is 114 Å². The minimum atomic E-state index is -0.339. The number of ether oxygens (including phenoxy) is 1. The molecule has 0 unspecified atom stereocenters. The second kappa shape index (κ2) is 6.01. The Kier molecular flexibility index (Phi) is 4.58. The molecule has 5 heteroatoms. The van der Waals surface area contributed by atoms with Crippen molar-refractivity contribution in [2.75, 3.05) is 6.61 Å². The van der Waals surface area contributed by atoms with E-state index in [-0.39, 0.29) is 11.6 Å². The average molecular weight is 267 g/mol. The molecule has 0 bridgehead atoms. The van der Waals surface area contributed by atoms with Crippen molar-refractivity contribution in [3.63, 3.8) is 0 Å². The summed E-state index contributed by atoms with van der Waals surface area (Å²) in [6, 6.07) is -0.179. The van der Waals surface area contributed by atoms with Gasteiger partial charge in [0, 0.05) is 6.61 Å². The van der Waals surface area contributed by atoms with Crippen LogP contribution in [0, 0.1) is 5.92 Å². The predicted molar refractivity (Wildman–Crippen MR) is 72.5 cm³/mol. The summed E-state index contributed by atoms with van der Waals surface area (Å²) in [6.45, 7) is 6.94. The Morgan fingerprint density at radius 2 is 2.05 bits per heavy atom. The highest BCUT2D eigenvalue weighted by Gasteiger charge is 2.41. The lowest BCUT2D eigenvalue weighted by Crippen LogP contribution is -2.28. The molecule has 0 amide bonds. The summed E-state index contributed by atoms with van der Waals surface area (Å²) in [5, 5.41) is 4.13. The molecular weight excluding hydrogens is 242 g/mol. The zero-order chi connectivity index (χ0) is 13.9. The van der Waals surface area contributed by atoms with Crippen molar-refractivity contribution in [3.8, 4) is 0 Å². The molecular formula is C14H25N3O2. The number of nitrogens with two attached hydrogens (primary N) is 1. The van der Waals surface area contributed by atoms with Gasteiger partial charge in [0.2, 0.25) is 11.7 Å². The SMILES string of the molecule is CCOC1(c2noc([C@@H](N)CC(C)C)n2)CCCC1. The summed E-state index contributed by atoms with van der Waals surface area (Å²) in [6.07, 6.45) is 5.10. The lowest BCUT2D eigenvalue weighted by molar-refractivity contribution is -0.0469.